The lowest BCUT2D eigenvalue weighted by Gasteiger charge is -2.13. The molecule has 0 aliphatic heterocycles. The number of aliphatic carboxylic acids is 1. The predicted molar refractivity (Wildman–Crippen MR) is 142 cm³/mol. The van der Waals surface area contributed by atoms with Crippen LogP contribution in [-0.2, 0) is 4.79 Å². The number of benzene rings is 3. The Morgan fingerprint density at radius 2 is 1.92 bits per heavy atom. The molecule has 0 bridgehead atoms. The normalized spacial score (nSPS) is 12.2. The minimum absolute atomic E-state index is 0.0695. The molecule has 0 saturated heterocycles. The Labute approximate surface area is 219 Å². The first-order chi connectivity index (χ1) is 18.8. The second kappa shape index (κ2) is 10.1. The number of methoxy groups -OCH3 is 1. The molecule has 0 aliphatic rings. The summed E-state index contributed by atoms with van der Waals surface area (Å²) in [5, 5.41) is 26.1. The number of para-hydroxylation sites is 2. The van der Waals surface area contributed by atoms with Gasteiger partial charge in [-0.25, -0.2) is 9.78 Å². The summed E-state index contributed by atoms with van der Waals surface area (Å²) in [7, 11) is 1.53. The summed E-state index contributed by atoms with van der Waals surface area (Å²) >= 11 is 0. The summed E-state index contributed by atoms with van der Waals surface area (Å²) in [5.41, 5.74) is 0.00614. The summed E-state index contributed by atoms with van der Waals surface area (Å²) < 4.78 is 17.8. The number of furan rings is 1. The van der Waals surface area contributed by atoms with Crippen LogP contribution < -0.4 is 15.0 Å². The van der Waals surface area contributed by atoms with E-state index in [9.17, 15) is 24.8 Å². The first-order valence-corrected chi connectivity index (χ1v) is 11.6. The zero-order valence-corrected chi connectivity index (χ0v) is 20.6. The fourth-order valence-corrected chi connectivity index (χ4v) is 3.98. The van der Waals surface area contributed by atoms with Gasteiger partial charge in [0.2, 0.25) is 11.6 Å². The molecule has 0 saturated carbocycles. The molecule has 5 rings (SSSR count). The Balaban J connectivity index is 1.71. The molecule has 3 aromatic carbocycles. The van der Waals surface area contributed by atoms with Crippen LogP contribution in [0.1, 0.15) is 12.5 Å². The summed E-state index contributed by atoms with van der Waals surface area (Å²) in [5.74, 6) is -0.761. The Bertz CT molecular complexity index is 1840. The van der Waals surface area contributed by atoms with Gasteiger partial charge < -0.3 is 19.0 Å². The van der Waals surface area contributed by atoms with Crippen LogP contribution >= 0.6 is 0 Å². The highest BCUT2D eigenvalue weighted by molar-refractivity contribution is 5.89. The molecule has 0 fully saturated rings. The number of nitro benzene ring substituents is 1. The number of nitrogens with zero attached hydrogens (tertiary/aromatic N) is 4. The van der Waals surface area contributed by atoms with E-state index in [-0.39, 0.29) is 28.3 Å². The zero-order chi connectivity index (χ0) is 27.7. The van der Waals surface area contributed by atoms with Crippen molar-refractivity contribution in [2.45, 2.75) is 13.0 Å². The SMILES string of the molecule is COc1cccc2oc(-c3nc4ccccc4c(=O)n3N=Cc3cccc([N+](=O)[O-])c3O[C@@H](C)C(=O)O)cc12. The van der Waals surface area contributed by atoms with Gasteiger partial charge in [-0.05, 0) is 43.3 Å². The number of nitro groups is 1. The third-order valence-electron chi connectivity index (χ3n) is 5.89. The minimum atomic E-state index is -1.38. The number of hydrogen-bond acceptors (Lipinski definition) is 9. The molecule has 0 amide bonds. The van der Waals surface area contributed by atoms with Gasteiger partial charge in [-0.15, -0.1) is 0 Å². The van der Waals surface area contributed by atoms with Gasteiger partial charge in [-0.2, -0.15) is 9.78 Å². The van der Waals surface area contributed by atoms with Crippen LogP contribution in [0.15, 0.2) is 81.0 Å². The van der Waals surface area contributed by atoms with Crippen molar-refractivity contribution in [1.29, 1.82) is 0 Å². The van der Waals surface area contributed by atoms with Crippen LogP contribution in [0.2, 0.25) is 0 Å². The van der Waals surface area contributed by atoms with Gasteiger partial charge in [-0.1, -0.05) is 24.3 Å². The van der Waals surface area contributed by atoms with E-state index in [4.69, 9.17) is 13.9 Å². The van der Waals surface area contributed by atoms with Crippen LogP contribution in [0.3, 0.4) is 0 Å². The third-order valence-corrected chi connectivity index (χ3v) is 5.89. The highest BCUT2D eigenvalue weighted by atomic mass is 16.6. The van der Waals surface area contributed by atoms with E-state index in [1.54, 1.807) is 48.5 Å². The maximum absolute atomic E-state index is 13.5. The minimum Gasteiger partial charge on any atom is -0.496 e. The molecular weight excluding hydrogens is 508 g/mol. The molecule has 2 aromatic heterocycles. The molecule has 2 heterocycles. The number of fused-ring (bicyclic) bond motifs is 2. The Hall–Kier alpha value is -5.52. The molecule has 0 unspecified atom stereocenters. The molecule has 39 heavy (non-hydrogen) atoms. The highest BCUT2D eigenvalue weighted by Crippen LogP contribution is 2.34. The fourth-order valence-electron chi connectivity index (χ4n) is 3.98. The quantitative estimate of drug-likeness (QED) is 0.174. The fraction of sp³-hybridized carbons (Fsp3) is 0.111. The van der Waals surface area contributed by atoms with Gasteiger partial charge >= 0.3 is 11.7 Å². The lowest BCUT2D eigenvalue weighted by molar-refractivity contribution is -0.386. The van der Waals surface area contributed by atoms with Crippen molar-refractivity contribution >= 4 is 39.7 Å². The molecule has 1 atom stereocenters. The third kappa shape index (κ3) is 4.66. The Morgan fingerprint density at radius 1 is 1.15 bits per heavy atom. The second-order valence-corrected chi connectivity index (χ2v) is 8.35. The summed E-state index contributed by atoms with van der Waals surface area (Å²) in [6.07, 6.45) is -0.217. The van der Waals surface area contributed by atoms with Crippen molar-refractivity contribution in [2.24, 2.45) is 5.10 Å². The van der Waals surface area contributed by atoms with E-state index >= 15 is 0 Å². The van der Waals surface area contributed by atoms with E-state index < -0.39 is 28.2 Å². The zero-order valence-electron chi connectivity index (χ0n) is 20.6. The van der Waals surface area contributed by atoms with Gasteiger partial charge in [0.15, 0.2) is 11.9 Å². The largest absolute Gasteiger partial charge is 0.496 e. The maximum Gasteiger partial charge on any atom is 0.344 e. The van der Waals surface area contributed by atoms with Crippen molar-refractivity contribution in [2.75, 3.05) is 7.11 Å². The molecule has 196 valence electrons. The van der Waals surface area contributed by atoms with Crippen molar-refractivity contribution in [3.05, 3.63) is 92.8 Å². The van der Waals surface area contributed by atoms with Gasteiger partial charge in [0.25, 0.3) is 5.56 Å². The number of carboxylic acids is 1. The van der Waals surface area contributed by atoms with Crippen LogP contribution in [-0.4, -0.2) is 45.1 Å². The van der Waals surface area contributed by atoms with Crippen molar-refractivity contribution < 1.29 is 28.7 Å². The maximum atomic E-state index is 13.5. The van der Waals surface area contributed by atoms with Gasteiger partial charge in [0, 0.05) is 11.6 Å². The van der Waals surface area contributed by atoms with Crippen LogP contribution in [0.4, 0.5) is 5.69 Å². The summed E-state index contributed by atoms with van der Waals surface area (Å²) in [4.78, 5) is 40.4. The van der Waals surface area contributed by atoms with E-state index in [1.165, 1.54) is 38.4 Å². The molecule has 5 aromatic rings. The molecule has 1 N–H and O–H groups in total. The van der Waals surface area contributed by atoms with E-state index in [1.807, 2.05) is 0 Å². The van der Waals surface area contributed by atoms with Crippen LogP contribution in [0, 0.1) is 10.1 Å². The lowest BCUT2D eigenvalue weighted by atomic mass is 10.2. The first kappa shape index (κ1) is 25.1. The molecule has 0 spiro atoms. The lowest BCUT2D eigenvalue weighted by Crippen LogP contribution is -2.24. The predicted octanol–water partition coefficient (Wildman–Crippen LogP) is 4.46. The number of ether oxygens (including phenoxy) is 2. The number of carboxylic acid groups (broad SMARTS) is 1. The van der Waals surface area contributed by atoms with Gasteiger partial charge in [0.05, 0.1) is 34.5 Å². The van der Waals surface area contributed by atoms with Crippen molar-refractivity contribution in [3.63, 3.8) is 0 Å². The Kier molecular flexibility index (Phi) is 6.51. The number of aromatic nitrogens is 2. The monoisotopic (exact) mass is 528 g/mol. The summed E-state index contributed by atoms with van der Waals surface area (Å²) in [6.45, 7) is 1.24. The topological polar surface area (TPSA) is 159 Å². The molecule has 0 aliphatic carbocycles. The smallest absolute Gasteiger partial charge is 0.344 e. The molecule has 0 radical (unpaired) electrons. The highest BCUT2D eigenvalue weighted by Gasteiger charge is 2.24. The summed E-state index contributed by atoms with van der Waals surface area (Å²) in [6, 6.07) is 17.7. The van der Waals surface area contributed by atoms with Gasteiger partial charge in [0.1, 0.15) is 11.3 Å². The van der Waals surface area contributed by atoms with E-state index in [0.717, 1.165) is 4.68 Å². The van der Waals surface area contributed by atoms with E-state index in [2.05, 4.69) is 10.1 Å². The Morgan fingerprint density at radius 3 is 2.67 bits per heavy atom. The average Bonchev–Trinajstić information content (AvgIpc) is 3.37. The standard InChI is InChI=1S/C27H20N4O8/c1-15(27(33)34)38-24-16(7-5-10-20(24)31(35)36)14-28-30-25(29-19-9-4-3-8-17(19)26(30)32)23-13-18-21(37-2)11-6-12-22(18)39-23/h3-15H,1-2H3,(H,33,34)/t15-/m0/s1. The van der Waals surface area contributed by atoms with Gasteiger partial charge in [-0.3, -0.25) is 14.9 Å². The first-order valence-electron chi connectivity index (χ1n) is 11.6. The second-order valence-electron chi connectivity index (χ2n) is 8.35. The molecule has 12 heteroatoms. The van der Waals surface area contributed by atoms with Crippen molar-refractivity contribution in [3.8, 4) is 23.1 Å². The van der Waals surface area contributed by atoms with Crippen LogP contribution in [0.25, 0.3) is 33.5 Å². The molecular formula is C27H20N4O8. The van der Waals surface area contributed by atoms with E-state index in [0.29, 0.717) is 22.2 Å². The number of rotatable bonds is 8. The van der Waals surface area contributed by atoms with Crippen molar-refractivity contribution in [1.82, 2.24) is 9.66 Å². The molecule has 12 nitrogen and oxygen atoms in total. The van der Waals surface area contributed by atoms with Crippen LogP contribution in [0.5, 0.6) is 11.5 Å². The average molecular weight is 528 g/mol. The number of carbonyl (C=O) groups is 1. The number of hydrogen-bond donors (Lipinski definition) is 1.